The number of rotatable bonds is 8. The van der Waals surface area contributed by atoms with Crippen LogP contribution >= 0.6 is 0 Å². The van der Waals surface area contributed by atoms with E-state index in [-0.39, 0.29) is 37.6 Å². The van der Waals surface area contributed by atoms with Gasteiger partial charge >= 0.3 is 17.9 Å². The quantitative estimate of drug-likeness (QED) is 0.285. The lowest BCUT2D eigenvalue weighted by Gasteiger charge is -2.59. The maximum Gasteiger partial charge on any atom is 0.330 e. The van der Waals surface area contributed by atoms with Gasteiger partial charge in [-0.1, -0.05) is 6.58 Å². The second-order valence-corrected chi connectivity index (χ2v) is 8.05. The van der Waals surface area contributed by atoms with Gasteiger partial charge in [0, 0.05) is 6.08 Å². The van der Waals surface area contributed by atoms with E-state index >= 15 is 0 Å². The summed E-state index contributed by atoms with van der Waals surface area (Å²) < 4.78 is 15.6. The van der Waals surface area contributed by atoms with Crippen LogP contribution in [0.3, 0.4) is 0 Å². The van der Waals surface area contributed by atoms with Crippen molar-refractivity contribution in [1.29, 1.82) is 0 Å². The van der Waals surface area contributed by atoms with Gasteiger partial charge in [0.05, 0.1) is 12.8 Å². The fourth-order valence-corrected chi connectivity index (χ4v) is 5.22. The Morgan fingerprint density at radius 1 is 0.923 bits per heavy atom. The number of carbonyl (C=O) groups excluding carboxylic acids is 3. The van der Waals surface area contributed by atoms with Gasteiger partial charge in [0.15, 0.2) is 0 Å². The van der Waals surface area contributed by atoms with Crippen molar-refractivity contribution in [2.75, 3.05) is 13.2 Å². The van der Waals surface area contributed by atoms with E-state index in [0.29, 0.717) is 11.8 Å². The molecule has 0 saturated heterocycles. The molecule has 0 aromatic carbocycles. The Morgan fingerprint density at radius 3 is 2.04 bits per heavy atom. The number of ether oxygens (including phenoxy) is 3. The van der Waals surface area contributed by atoms with Gasteiger partial charge < -0.3 is 14.2 Å². The number of hydrogen-bond donors (Lipinski definition) is 0. The van der Waals surface area contributed by atoms with E-state index in [4.69, 9.17) is 14.2 Å². The van der Waals surface area contributed by atoms with E-state index < -0.39 is 11.9 Å². The summed E-state index contributed by atoms with van der Waals surface area (Å²) in [5.74, 6) is 1.18. The molecule has 0 heterocycles. The maximum absolute atomic E-state index is 12.3. The molecule has 0 radical (unpaired) electrons. The maximum atomic E-state index is 12.3. The van der Waals surface area contributed by atoms with Crippen LogP contribution in [0, 0.1) is 23.7 Å². The monoisotopic (exact) mass is 364 g/mol. The van der Waals surface area contributed by atoms with Crippen molar-refractivity contribution < 1.29 is 28.6 Å². The smallest absolute Gasteiger partial charge is 0.330 e. The largest absolute Gasteiger partial charge is 0.462 e. The normalized spacial score (nSPS) is 34.2. The second-order valence-electron chi connectivity index (χ2n) is 8.05. The van der Waals surface area contributed by atoms with Crippen molar-refractivity contribution in [2.45, 2.75) is 57.5 Å². The van der Waals surface area contributed by atoms with Crippen molar-refractivity contribution in [2.24, 2.45) is 23.7 Å². The summed E-state index contributed by atoms with van der Waals surface area (Å²) in [4.78, 5) is 34.8. The molecule has 144 valence electrons. The highest BCUT2D eigenvalue weighted by Gasteiger charge is 2.56. The van der Waals surface area contributed by atoms with Gasteiger partial charge in [-0.05, 0) is 62.7 Å². The first-order valence-corrected chi connectivity index (χ1v) is 9.57. The van der Waals surface area contributed by atoms with Crippen LogP contribution in [0.2, 0.25) is 0 Å². The first kappa shape index (κ1) is 18.9. The Hall–Kier alpha value is -1.85. The number of carbonyl (C=O) groups is 3. The standard InChI is InChI=1S/C20H28O6/c1-3-17(21)24-6-7-25-18(22)4-5-19(23)26-20(2)15-9-13-8-14(11-15)12-16(20)10-13/h3,13-16H,1,4-12H2,2H3. The molecule has 26 heavy (non-hydrogen) atoms. The van der Waals surface area contributed by atoms with Crippen LogP contribution in [0.4, 0.5) is 0 Å². The molecule has 0 N–H and O–H groups in total. The van der Waals surface area contributed by atoms with Crippen molar-refractivity contribution in [3.63, 3.8) is 0 Å². The van der Waals surface area contributed by atoms with Crippen molar-refractivity contribution in [1.82, 2.24) is 0 Å². The van der Waals surface area contributed by atoms with Gasteiger partial charge in [0.1, 0.15) is 18.8 Å². The Bertz CT molecular complexity index is 553. The van der Waals surface area contributed by atoms with Crippen molar-refractivity contribution in [3.05, 3.63) is 12.7 Å². The van der Waals surface area contributed by atoms with Crippen molar-refractivity contribution >= 4 is 17.9 Å². The number of esters is 3. The third kappa shape index (κ3) is 4.10. The molecule has 0 unspecified atom stereocenters. The van der Waals surface area contributed by atoms with Gasteiger partial charge in [0.25, 0.3) is 0 Å². The molecule has 0 aliphatic heterocycles. The second kappa shape index (κ2) is 7.80. The fourth-order valence-electron chi connectivity index (χ4n) is 5.22. The van der Waals surface area contributed by atoms with Gasteiger partial charge in [-0.2, -0.15) is 0 Å². The van der Waals surface area contributed by atoms with Gasteiger partial charge in [0.2, 0.25) is 0 Å². The molecular weight excluding hydrogens is 336 g/mol. The molecule has 4 aliphatic carbocycles. The van der Waals surface area contributed by atoms with Gasteiger partial charge in [-0.3, -0.25) is 9.59 Å². The summed E-state index contributed by atoms with van der Waals surface area (Å²) in [7, 11) is 0. The van der Waals surface area contributed by atoms with Crippen LogP contribution in [0.1, 0.15) is 51.9 Å². The molecular formula is C20H28O6. The molecule has 6 heteroatoms. The average Bonchev–Trinajstić information content (AvgIpc) is 2.61. The molecule has 4 fully saturated rings. The van der Waals surface area contributed by atoms with Crippen LogP contribution in [0.25, 0.3) is 0 Å². The van der Waals surface area contributed by atoms with Crippen molar-refractivity contribution in [3.8, 4) is 0 Å². The first-order valence-electron chi connectivity index (χ1n) is 9.57. The predicted molar refractivity (Wildman–Crippen MR) is 92.9 cm³/mol. The molecule has 4 aliphatic rings. The van der Waals surface area contributed by atoms with Gasteiger partial charge in [-0.15, -0.1) is 0 Å². The Kier molecular flexibility index (Phi) is 5.68. The molecule has 4 saturated carbocycles. The lowest BCUT2D eigenvalue weighted by molar-refractivity contribution is -0.203. The molecule has 0 aromatic rings. The Labute approximate surface area is 154 Å². The molecule has 0 amide bonds. The zero-order valence-corrected chi connectivity index (χ0v) is 15.4. The summed E-state index contributed by atoms with van der Waals surface area (Å²) in [5.41, 5.74) is -0.368. The van der Waals surface area contributed by atoms with Gasteiger partial charge in [-0.25, -0.2) is 4.79 Å². The lowest BCUT2D eigenvalue weighted by atomic mass is 9.50. The summed E-state index contributed by atoms with van der Waals surface area (Å²) in [6.45, 7) is 5.31. The molecule has 4 rings (SSSR count). The molecule has 0 spiro atoms. The molecule has 6 nitrogen and oxygen atoms in total. The first-order chi connectivity index (χ1) is 12.4. The zero-order chi connectivity index (χ0) is 18.7. The third-order valence-electron chi connectivity index (χ3n) is 6.38. The minimum absolute atomic E-state index is 0.0210. The summed E-state index contributed by atoms with van der Waals surface area (Å²) in [6.07, 6.45) is 7.07. The number of hydrogen-bond acceptors (Lipinski definition) is 6. The average molecular weight is 364 g/mol. The molecule has 0 atom stereocenters. The highest BCUT2D eigenvalue weighted by molar-refractivity contribution is 5.81. The Morgan fingerprint density at radius 2 is 1.46 bits per heavy atom. The summed E-state index contributed by atoms with van der Waals surface area (Å²) >= 11 is 0. The van der Waals surface area contributed by atoms with Crippen LogP contribution in [-0.2, 0) is 28.6 Å². The van der Waals surface area contributed by atoms with Crippen LogP contribution in [-0.4, -0.2) is 36.7 Å². The lowest BCUT2D eigenvalue weighted by Crippen LogP contribution is -2.58. The minimum atomic E-state index is -0.562. The minimum Gasteiger partial charge on any atom is -0.462 e. The zero-order valence-electron chi connectivity index (χ0n) is 15.4. The van der Waals surface area contributed by atoms with E-state index in [9.17, 15) is 14.4 Å². The van der Waals surface area contributed by atoms with E-state index in [0.717, 1.165) is 17.9 Å². The highest BCUT2D eigenvalue weighted by Crippen LogP contribution is 2.59. The fraction of sp³-hybridized carbons (Fsp3) is 0.750. The summed E-state index contributed by atoms with van der Waals surface area (Å²) in [5, 5.41) is 0. The van der Waals surface area contributed by atoms with E-state index in [1.807, 2.05) is 0 Å². The highest BCUT2D eigenvalue weighted by atomic mass is 16.6. The predicted octanol–water partition coefficient (Wildman–Crippen LogP) is 2.80. The van der Waals surface area contributed by atoms with Crippen LogP contribution in [0.15, 0.2) is 12.7 Å². The topological polar surface area (TPSA) is 78.9 Å². The van der Waals surface area contributed by atoms with E-state index in [2.05, 4.69) is 13.5 Å². The van der Waals surface area contributed by atoms with E-state index in [1.165, 1.54) is 32.1 Å². The molecule has 0 aromatic heterocycles. The van der Waals surface area contributed by atoms with Crippen LogP contribution < -0.4 is 0 Å². The Balaban J connectivity index is 1.38. The molecule has 4 bridgehead atoms. The third-order valence-corrected chi connectivity index (χ3v) is 6.38. The SMILES string of the molecule is C=CC(=O)OCCOC(=O)CCC(=O)OC1(C)C2CC3CC(C2)CC1C3. The van der Waals surface area contributed by atoms with Crippen LogP contribution in [0.5, 0.6) is 0 Å². The summed E-state index contributed by atoms with van der Waals surface area (Å²) in [6, 6.07) is 0. The van der Waals surface area contributed by atoms with E-state index in [1.54, 1.807) is 0 Å².